The van der Waals surface area contributed by atoms with Gasteiger partial charge in [0.15, 0.2) is 0 Å². The van der Waals surface area contributed by atoms with Crippen LogP contribution in [0.2, 0.25) is 0 Å². The molecule has 3 rings (SSSR count). The van der Waals surface area contributed by atoms with Gasteiger partial charge in [-0.15, -0.1) is 0 Å². The monoisotopic (exact) mass is 482 g/mol. The van der Waals surface area contributed by atoms with Gasteiger partial charge in [-0.3, -0.25) is 4.79 Å². The molecule has 0 unspecified atom stereocenters. The highest BCUT2D eigenvalue weighted by atomic mass is 32.2. The van der Waals surface area contributed by atoms with E-state index in [0.29, 0.717) is 13.0 Å². The average molecular weight is 483 g/mol. The maximum absolute atomic E-state index is 13.2. The second-order valence-electron chi connectivity index (χ2n) is 7.91. The fraction of sp³-hybridized carbons (Fsp3) is 0.269. The first-order chi connectivity index (χ1) is 16.3. The first-order valence-corrected chi connectivity index (χ1v) is 12.4. The zero-order valence-electron chi connectivity index (χ0n) is 19.6. The standard InChI is InChI=1S/C26H30N2O5S/c1-19-9-14-24(33-3)25(17-19)34(30,31)28-23(18-21-7-5-4-6-8-21)26(29)27-16-15-20-10-12-22(32-2)13-11-20/h4-14,17,23,28H,15-16,18H2,1-3H3,(H,27,29)/t23-/m1/s1. The molecule has 34 heavy (non-hydrogen) atoms. The fourth-order valence-corrected chi connectivity index (χ4v) is 4.98. The van der Waals surface area contributed by atoms with Crippen LogP contribution < -0.4 is 19.5 Å². The van der Waals surface area contributed by atoms with Gasteiger partial charge in [-0.2, -0.15) is 4.72 Å². The highest BCUT2D eigenvalue weighted by Crippen LogP contribution is 2.25. The van der Waals surface area contributed by atoms with E-state index in [-0.39, 0.29) is 17.1 Å². The molecule has 3 aromatic carbocycles. The summed E-state index contributed by atoms with van der Waals surface area (Å²) in [6, 6.07) is 20.8. The van der Waals surface area contributed by atoms with Gasteiger partial charge in [-0.1, -0.05) is 48.5 Å². The molecule has 0 saturated heterocycles. The summed E-state index contributed by atoms with van der Waals surface area (Å²) < 4.78 is 39.5. The van der Waals surface area contributed by atoms with E-state index in [1.807, 2.05) is 54.6 Å². The number of rotatable bonds is 11. The van der Waals surface area contributed by atoms with Crippen molar-refractivity contribution in [2.75, 3.05) is 20.8 Å². The number of sulfonamides is 1. The second kappa shape index (κ2) is 11.7. The van der Waals surface area contributed by atoms with Crippen LogP contribution in [0.25, 0.3) is 0 Å². The predicted octanol–water partition coefficient (Wildman–Crippen LogP) is 3.26. The maximum Gasteiger partial charge on any atom is 0.244 e. The van der Waals surface area contributed by atoms with Crippen molar-refractivity contribution in [1.82, 2.24) is 10.0 Å². The molecule has 0 fully saturated rings. The summed E-state index contributed by atoms with van der Waals surface area (Å²) in [5, 5.41) is 2.87. The van der Waals surface area contributed by atoms with Gasteiger partial charge in [-0.25, -0.2) is 8.42 Å². The third-order valence-corrected chi connectivity index (χ3v) is 6.87. The van der Waals surface area contributed by atoms with Crippen LogP contribution in [-0.2, 0) is 27.7 Å². The topological polar surface area (TPSA) is 93.7 Å². The SMILES string of the molecule is COc1ccc(CCNC(=O)[C@@H](Cc2ccccc2)NS(=O)(=O)c2cc(C)ccc2OC)cc1. The Bertz CT molecular complexity index is 1200. The van der Waals surface area contributed by atoms with E-state index in [2.05, 4.69) is 10.0 Å². The number of carbonyl (C=O) groups is 1. The molecule has 3 aromatic rings. The van der Waals surface area contributed by atoms with Crippen LogP contribution in [0.5, 0.6) is 11.5 Å². The van der Waals surface area contributed by atoms with Gasteiger partial charge in [0, 0.05) is 6.54 Å². The Balaban J connectivity index is 1.76. The number of benzene rings is 3. The van der Waals surface area contributed by atoms with E-state index in [9.17, 15) is 13.2 Å². The number of amides is 1. The quantitative estimate of drug-likeness (QED) is 0.438. The number of aryl methyl sites for hydroxylation is 1. The van der Waals surface area contributed by atoms with Crippen molar-refractivity contribution in [3.05, 3.63) is 89.5 Å². The summed E-state index contributed by atoms with van der Waals surface area (Å²) in [6.07, 6.45) is 0.814. The molecule has 0 radical (unpaired) electrons. The third-order valence-electron chi connectivity index (χ3n) is 5.38. The summed E-state index contributed by atoms with van der Waals surface area (Å²) in [4.78, 5) is 13.1. The van der Waals surface area contributed by atoms with Crippen molar-refractivity contribution < 1.29 is 22.7 Å². The summed E-state index contributed by atoms with van der Waals surface area (Å²) in [5.74, 6) is 0.584. The van der Waals surface area contributed by atoms with E-state index in [4.69, 9.17) is 9.47 Å². The lowest BCUT2D eigenvalue weighted by Gasteiger charge is -2.20. The Morgan fingerprint density at radius 1 is 0.912 bits per heavy atom. The van der Waals surface area contributed by atoms with Gasteiger partial charge in [0.05, 0.1) is 14.2 Å². The lowest BCUT2D eigenvalue weighted by atomic mass is 10.1. The van der Waals surface area contributed by atoms with Crippen LogP contribution in [0.1, 0.15) is 16.7 Å². The molecular formula is C26H30N2O5S. The van der Waals surface area contributed by atoms with Crippen LogP contribution in [0, 0.1) is 6.92 Å². The average Bonchev–Trinajstić information content (AvgIpc) is 2.84. The molecule has 0 heterocycles. The molecule has 0 saturated carbocycles. The molecule has 0 aliphatic carbocycles. The Hall–Kier alpha value is -3.36. The molecule has 7 nitrogen and oxygen atoms in total. The van der Waals surface area contributed by atoms with Gasteiger partial charge in [0.1, 0.15) is 22.4 Å². The molecule has 0 aliphatic rings. The molecular weight excluding hydrogens is 452 g/mol. The molecule has 8 heteroatoms. The summed E-state index contributed by atoms with van der Waals surface area (Å²) in [7, 11) is -1.00. The van der Waals surface area contributed by atoms with Gasteiger partial charge >= 0.3 is 0 Å². The minimum Gasteiger partial charge on any atom is -0.497 e. The summed E-state index contributed by atoms with van der Waals surface area (Å²) >= 11 is 0. The van der Waals surface area contributed by atoms with E-state index in [0.717, 1.165) is 22.4 Å². The van der Waals surface area contributed by atoms with Crippen molar-refractivity contribution in [3.63, 3.8) is 0 Å². The number of ether oxygens (including phenoxy) is 2. The van der Waals surface area contributed by atoms with Crippen molar-refractivity contribution in [2.45, 2.75) is 30.7 Å². The largest absolute Gasteiger partial charge is 0.497 e. The maximum atomic E-state index is 13.2. The second-order valence-corrected chi connectivity index (χ2v) is 9.59. The molecule has 1 amide bonds. The smallest absolute Gasteiger partial charge is 0.244 e. The van der Waals surface area contributed by atoms with Crippen LogP contribution in [0.4, 0.5) is 0 Å². The highest BCUT2D eigenvalue weighted by molar-refractivity contribution is 7.89. The molecule has 0 bridgehead atoms. The fourth-order valence-electron chi connectivity index (χ4n) is 3.53. The van der Waals surface area contributed by atoms with Crippen molar-refractivity contribution in [3.8, 4) is 11.5 Å². The summed E-state index contributed by atoms with van der Waals surface area (Å²) in [6.45, 7) is 2.16. The van der Waals surface area contributed by atoms with Gasteiger partial charge in [0.25, 0.3) is 0 Å². The van der Waals surface area contributed by atoms with Crippen molar-refractivity contribution in [1.29, 1.82) is 0 Å². The lowest BCUT2D eigenvalue weighted by molar-refractivity contribution is -0.122. The normalized spacial score (nSPS) is 12.1. The first kappa shape index (κ1) is 25.3. The zero-order chi connectivity index (χ0) is 24.6. The van der Waals surface area contributed by atoms with Crippen LogP contribution in [-0.4, -0.2) is 41.1 Å². The number of nitrogens with one attached hydrogen (secondary N) is 2. The number of hydrogen-bond donors (Lipinski definition) is 2. The molecule has 180 valence electrons. The molecule has 0 spiro atoms. The van der Waals surface area contributed by atoms with Gasteiger partial charge < -0.3 is 14.8 Å². The van der Waals surface area contributed by atoms with Crippen LogP contribution in [0.15, 0.2) is 77.7 Å². The first-order valence-electron chi connectivity index (χ1n) is 10.9. The number of methoxy groups -OCH3 is 2. The highest BCUT2D eigenvalue weighted by Gasteiger charge is 2.28. The predicted molar refractivity (Wildman–Crippen MR) is 132 cm³/mol. The van der Waals surface area contributed by atoms with E-state index in [1.54, 1.807) is 26.2 Å². The summed E-state index contributed by atoms with van der Waals surface area (Å²) in [5.41, 5.74) is 2.65. The third kappa shape index (κ3) is 6.82. The van der Waals surface area contributed by atoms with Crippen LogP contribution in [0.3, 0.4) is 0 Å². The zero-order valence-corrected chi connectivity index (χ0v) is 20.4. The van der Waals surface area contributed by atoms with Crippen molar-refractivity contribution in [2.24, 2.45) is 0 Å². The Morgan fingerprint density at radius 2 is 1.62 bits per heavy atom. The molecule has 0 aliphatic heterocycles. The minimum atomic E-state index is -4.02. The minimum absolute atomic E-state index is 0.000838. The van der Waals surface area contributed by atoms with Gasteiger partial charge in [0.2, 0.25) is 15.9 Å². The van der Waals surface area contributed by atoms with E-state index < -0.39 is 22.0 Å². The molecule has 2 N–H and O–H groups in total. The number of carbonyl (C=O) groups excluding carboxylic acids is 1. The van der Waals surface area contributed by atoms with Crippen molar-refractivity contribution >= 4 is 15.9 Å². The van der Waals surface area contributed by atoms with E-state index in [1.165, 1.54) is 13.2 Å². The Kier molecular flexibility index (Phi) is 8.67. The Morgan fingerprint density at radius 3 is 2.26 bits per heavy atom. The van der Waals surface area contributed by atoms with Gasteiger partial charge in [-0.05, 0) is 60.7 Å². The van der Waals surface area contributed by atoms with Crippen LogP contribution >= 0.6 is 0 Å². The molecule has 0 aromatic heterocycles. The Labute approximate surface area is 201 Å². The van der Waals surface area contributed by atoms with E-state index >= 15 is 0 Å². The number of hydrogen-bond acceptors (Lipinski definition) is 5. The lowest BCUT2D eigenvalue weighted by Crippen LogP contribution is -2.48. The molecule has 1 atom stereocenters.